The normalized spacial score (nSPS) is 21.8. The van der Waals surface area contributed by atoms with Crippen LogP contribution in [0.15, 0.2) is 0 Å². The molecule has 1 amide bonds. The number of aliphatic hydroxyl groups excluding tert-OH is 1. The second-order valence-corrected chi connectivity index (χ2v) is 5.70. The zero-order chi connectivity index (χ0) is 13.7. The van der Waals surface area contributed by atoms with Gasteiger partial charge in [0.1, 0.15) is 0 Å². The van der Waals surface area contributed by atoms with Crippen LogP contribution >= 0.6 is 0 Å². The first-order valence-corrected chi connectivity index (χ1v) is 7.59. The third-order valence-electron chi connectivity index (χ3n) is 4.20. The van der Waals surface area contributed by atoms with Crippen molar-refractivity contribution in [3.05, 3.63) is 0 Å². The Hall–Kier alpha value is -0.650. The molecule has 0 aromatic rings. The summed E-state index contributed by atoms with van der Waals surface area (Å²) in [5.74, 6) is 0.121. The lowest BCUT2D eigenvalue weighted by Crippen LogP contribution is -2.48. The largest absolute Gasteiger partial charge is 0.395 e. The summed E-state index contributed by atoms with van der Waals surface area (Å²) in [6, 6.07) is 0.866. The van der Waals surface area contributed by atoms with Gasteiger partial charge in [-0.2, -0.15) is 0 Å². The average molecular weight is 269 g/mol. The summed E-state index contributed by atoms with van der Waals surface area (Å²) in [7, 11) is 0. The van der Waals surface area contributed by atoms with Gasteiger partial charge in [-0.25, -0.2) is 0 Å². The summed E-state index contributed by atoms with van der Waals surface area (Å²) in [5, 5.41) is 12.2. The van der Waals surface area contributed by atoms with Gasteiger partial charge in [0.2, 0.25) is 5.91 Å². The minimum Gasteiger partial charge on any atom is -0.395 e. The second kappa shape index (κ2) is 7.22. The molecule has 0 atom stereocenters. The number of aliphatic hydroxyl groups is 1. The Bertz CT molecular complexity index is 286. The molecule has 2 rings (SSSR count). The van der Waals surface area contributed by atoms with E-state index in [1.807, 2.05) is 0 Å². The van der Waals surface area contributed by atoms with Gasteiger partial charge < -0.3 is 15.3 Å². The Morgan fingerprint density at radius 2 is 2.00 bits per heavy atom. The van der Waals surface area contributed by atoms with Gasteiger partial charge in [-0.15, -0.1) is 0 Å². The highest BCUT2D eigenvalue weighted by Gasteiger charge is 2.30. The fourth-order valence-electron chi connectivity index (χ4n) is 2.81. The molecule has 110 valence electrons. The topological polar surface area (TPSA) is 55.8 Å². The van der Waals surface area contributed by atoms with E-state index in [9.17, 15) is 4.79 Å². The summed E-state index contributed by atoms with van der Waals surface area (Å²) in [6.07, 6.45) is 4.45. The fourth-order valence-corrected chi connectivity index (χ4v) is 2.81. The zero-order valence-corrected chi connectivity index (χ0v) is 12.0. The number of nitrogens with zero attached hydrogens (tertiary/aromatic N) is 2. The average Bonchev–Trinajstić information content (AvgIpc) is 3.23. The van der Waals surface area contributed by atoms with Crippen LogP contribution in [0.1, 0.15) is 32.6 Å². The predicted molar refractivity (Wildman–Crippen MR) is 75.0 cm³/mol. The molecule has 0 unspecified atom stereocenters. The van der Waals surface area contributed by atoms with Crippen LogP contribution in [0.2, 0.25) is 0 Å². The number of carbonyl (C=O) groups excluding carboxylic acids is 1. The second-order valence-electron chi connectivity index (χ2n) is 5.70. The molecule has 2 aliphatic rings. The Morgan fingerprint density at radius 3 is 2.53 bits per heavy atom. The number of amides is 1. The number of carbonyl (C=O) groups is 1. The first kappa shape index (κ1) is 14.8. The molecule has 5 heteroatoms. The lowest BCUT2D eigenvalue weighted by atomic mass is 10.1. The predicted octanol–water partition coefficient (Wildman–Crippen LogP) is 0.0436. The van der Waals surface area contributed by atoms with Gasteiger partial charge in [-0.1, -0.05) is 6.92 Å². The summed E-state index contributed by atoms with van der Waals surface area (Å²) in [5.41, 5.74) is 0. The number of hydrogen-bond donors (Lipinski definition) is 2. The first-order valence-electron chi connectivity index (χ1n) is 7.59. The fraction of sp³-hybridized carbons (Fsp3) is 0.929. The van der Waals surface area contributed by atoms with E-state index in [0.29, 0.717) is 25.2 Å². The highest BCUT2D eigenvalue weighted by atomic mass is 16.3. The van der Waals surface area contributed by atoms with Crippen molar-refractivity contribution in [2.45, 2.75) is 44.7 Å². The van der Waals surface area contributed by atoms with Crippen molar-refractivity contribution < 1.29 is 9.90 Å². The van der Waals surface area contributed by atoms with Gasteiger partial charge >= 0.3 is 0 Å². The molecule has 0 spiro atoms. The molecular formula is C14H27N3O2. The van der Waals surface area contributed by atoms with E-state index in [-0.39, 0.29) is 12.5 Å². The SMILES string of the molecule is CCN1CCC(NC(=O)CN(CCO)C2CC2)CC1. The highest BCUT2D eigenvalue weighted by Crippen LogP contribution is 2.26. The number of rotatable bonds is 7. The Balaban J connectivity index is 1.68. The molecule has 5 nitrogen and oxygen atoms in total. The Labute approximate surface area is 115 Å². The molecular weight excluding hydrogens is 242 g/mol. The Kier molecular flexibility index (Phi) is 5.60. The number of hydrogen-bond acceptors (Lipinski definition) is 4. The van der Waals surface area contributed by atoms with Crippen molar-refractivity contribution in [3.63, 3.8) is 0 Å². The van der Waals surface area contributed by atoms with Gasteiger partial charge in [-0.05, 0) is 32.2 Å². The standard InChI is InChI=1S/C14H27N3O2/c1-2-16-7-5-12(6-8-16)15-14(19)11-17(9-10-18)13-3-4-13/h12-13,18H,2-11H2,1H3,(H,15,19). The quantitative estimate of drug-likeness (QED) is 0.685. The van der Waals surface area contributed by atoms with Crippen LogP contribution in [0.5, 0.6) is 0 Å². The van der Waals surface area contributed by atoms with Crippen molar-refractivity contribution in [1.29, 1.82) is 0 Å². The minimum absolute atomic E-state index is 0.121. The third-order valence-corrected chi connectivity index (χ3v) is 4.20. The molecule has 0 bridgehead atoms. The molecule has 19 heavy (non-hydrogen) atoms. The van der Waals surface area contributed by atoms with Crippen LogP contribution in [-0.2, 0) is 4.79 Å². The molecule has 1 saturated heterocycles. The number of nitrogens with one attached hydrogen (secondary N) is 1. The van der Waals surface area contributed by atoms with Crippen molar-refractivity contribution >= 4 is 5.91 Å². The van der Waals surface area contributed by atoms with Gasteiger partial charge in [-0.3, -0.25) is 9.69 Å². The smallest absolute Gasteiger partial charge is 0.234 e. The summed E-state index contributed by atoms with van der Waals surface area (Å²) >= 11 is 0. The summed E-state index contributed by atoms with van der Waals surface area (Å²) in [4.78, 5) is 16.6. The maximum atomic E-state index is 12.0. The van der Waals surface area contributed by atoms with Crippen LogP contribution in [0.4, 0.5) is 0 Å². The van der Waals surface area contributed by atoms with Crippen LogP contribution in [-0.4, -0.2) is 72.2 Å². The van der Waals surface area contributed by atoms with Gasteiger partial charge in [0, 0.05) is 31.7 Å². The maximum absolute atomic E-state index is 12.0. The molecule has 2 N–H and O–H groups in total. The minimum atomic E-state index is 0.121. The monoisotopic (exact) mass is 269 g/mol. The molecule has 0 aromatic carbocycles. The van der Waals surface area contributed by atoms with Crippen molar-refractivity contribution in [2.24, 2.45) is 0 Å². The van der Waals surface area contributed by atoms with E-state index < -0.39 is 0 Å². The van der Waals surface area contributed by atoms with E-state index in [0.717, 1.165) is 32.5 Å². The van der Waals surface area contributed by atoms with E-state index >= 15 is 0 Å². The molecule has 1 saturated carbocycles. The van der Waals surface area contributed by atoms with Crippen molar-refractivity contribution in [2.75, 3.05) is 39.3 Å². The van der Waals surface area contributed by atoms with E-state index in [4.69, 9.17) is 5.11 Å². The maximum Gasteiger partial charge on any atom is 0.234 e. The zero-order valence-electron chi connectivity index (χ0n) is 12.0. The van der Waals surface area contributed by atoms with Gasteiger partial charge in [0.05, 0.1) is 13.2 Å². The van der Waals surface area contributed by atoms with Gasteiger partial charge in [0.25, 0.3) is 0 Å². The first-order chi connectivity index (χ1) is 9.22. The van der Waals surface area contributed by atoms with Gasteiger partial charge in [0.15, 0.2) is 0 Å². The molecule has 1 aliphatic carbocycles. The molecule has 1 aliphatic heterocycles. The van der Waals surface area contributed by atoms with Crippen molar-refractivity contribution in [1.82, 2.24) is 15.1 Å². The highest BCUT2D eigenvalue weighted by molar-refractivity contribution is 5.78. The lowest BCUT2D eigenvalue weighted by molar-refractivity contribution is -0.123. The summed E-state index contributed by atoms with van der Waals surface area (Å²) < 4.78 is 0. The molecule has 0 aromatic heterocycles. The van der Waals surface area contributed by atoms with Crippen molar-refractivity contribution in [3.8, 4) is 0 Å². The Morgan fingerprint density at radius 1 is 1.32 bits per heavy atom. The van der Waals surface area contributed by atoms with Crippen LogP contribution in [0.25, 0.3) is 0 Å². The molecule has 2 fully saturated rings. The number of likely N-dealkylation sites (tertiary alicyclic amines) is 1. The number of piperidine rings is 1. The van der Waals surface area contributed by atoms with Crippen LogP contribution in [0.3, 0.4) is 0 Å². The molecule has 1 heterocycles. The molecule has 0 radical (unpaired) electrons. The van der Waals surface area contributed by atoms with Crippen LogP contribution < -0.4 is 5.32 Å². The van der Waals surface area contributed by atoms with E-state index in [1.165, 1.54) is 12.8 Å². The third kappa shape index (κ3) is 4.75. The summed E-state index contributed by atoms with van der Waals surface area (Å²) in [6.45, 7) is 6.66. The van der Waals surface area contributed by atoms with Crippen LogP contribution in [0, 0.1) is 0 Å². The lowest BCUT2D eigenvalue weighted by Gasteiger charge is -2.32. The van der Waals surface area contributed by atoms with E-state index in [2.05, 4.69) is 22.0 Å². The van der Waals surface area contributed by atoms with E-state index in [1.54, 1.807) is 0 Å².